The lowest BCUT2D eigenvalue weighted by Crippen LogP contribution is -1.98. The van der Waals surface area contributed by atoms with E-state index in [2.05, 4.69) is 191 Å². The number of benzene rings is 8. The number of hydrogen-bond donors (Lipinski definition) is 0. The predicted molar refractivity (Wildman–Crippen MR) is 225 cm³/mol. The lowest BCUT2D eigenvalue weighted by Gasteiger charge is -2.12. The average molecular weight is 689 g/mol. The maximum Gasteiger partial charge on any atom is 0.160 e. The molecule has 252 valence electrons. The molecule has 0 aliphatic carbocycles. The second-order valence-corrected chi connectivity index (χ2v) is 13.9. The third-order valence-electron chi connectivity index (χ3n) is 10.7. The molecule has 0 unspecified atom stereocenters. The van der Waals surface area contributed by atoms with Gasteiger partial charge in [-0.25, -0.2) is 9.97 Å². The van der Waals surface area contributed by atoms with Crippen LogP contribution in [-0.2, 0) is 0 Å². The first-order valence-corrected chi connectivity index (χ1v) is 18.3. The molecular formula is C50H32N4. The Morgan fingerprint density at radius 2 is 0.796 bits per heavy atom. The van der Waals surface area contributed by atoms with Crippen LogP contribution in [0.15, 0.2) is 194 Å². The van der Waals surface area contributed by atoms with E-state index in [0.717, 1.165) is 50.5 Å². The fourth-order valence-corrected chi connectivity index (χ4v) is 8.18. The van der Waals surface area contributed by atoms with Crippen molar-refractivity contribution in [1.29, 1.82) is 0 Å². The molecule has 8 aromatic carbocycles. The predicted octanol–water partition coefficient (Wildman–Crippen LogP) is 12.8. The number of para-hydroxylation sites is 2. The molecule has 3 aromatic heterocycles. The summed E-state index contributed by atoms with van der Waals surface area (Å²) in [6.45, 7) is 0. The van der Waals surface area contributed by atoms with Gasteiger partial charge < -0.3 is 9.13 Å². The summed E-state index contributed by atoms with van der Waals surface area (Å²) in [5, 5.41) is 7.34. The monoisotopic (exact) mass is 688 g/mol. The summed E-state index contributed by atoms with van der Waals surface area (Å²) in [6, 6.07) is 69.1. The molecule has 54 heavy (non-hydrogen) atoms. The second kappa shape index (κ2) is 12.1. The number of aromatic nitrogens is 4. The van der Waals surface area contributed by atoms with Crippen molar-refractivity contribution in [2.45, 2.75) is 0 Å². The van der Waals surface area contributed by atoms with Gasteiger partial charge in [-0.3, -0.25) is 0 Å². The molecule has 0 spiro atoms. The van der Waals surface area contributed by atoms with Gasteiger partial charge in [0.25, 0.3) is 0 Å². The van der Waals surface area contributed by atoms with E-state index >= 15 is 0 Å². The van der Waals surface area contributed by atoms with Gasteiger partial charge in [-0.2, -0.15) is 0 Å². The molecule has 0 aliphatic heterocycles. The first-order chi connectivity index (χ1) is 26.8. The maximum atomic E-state index is 5.15. The van der Waals surface area contributed by atoms with E-state index in [1.807, 2.05) is 12.1 Å². The number of fused-ring (bicyclic) bond motifs is 7. The molecule has 11 aromatic rings. The van der Waals surface area contributed by atoms with E-state index in [9.17, 15) is 0 Å². The zero-order valence-electron chi connectivity index (χ0n) is 29.3. The molecule has 0 fully saturated rings. The van der Waals surface area contributed by atoms with Gasteiger partial charge in [-0.15, -0.1) is 0 Å². The van der Waals surface area contributed by atoms with Crippen LogP contribution in [0.2, 0.25) is 0 Å². The molecule has 0 saturated heterocycles. The van der Waals surface area contributed by atoms with Crippen LogP contribution in [0, 0.1) is 0 Å². The minimum Gasteiger partial charge on any atom is -0.309 e. The number of nitrogens with zero attached hydrogens (tertiary/aromatic N) is 4. The van der Waals surface area contributed by atoms with Crippen molar-refractivity contribution in [2.24, 2.45) is 0 Å². The van der Waals surface area contributed by atoms with E-state index in [1.54, 1.807) is 0 Å². The smallest absolute Gasteiger partial charge is 0.160 e. The zero-order chi connectivity index (χ0) is 35.6. The Morgan fingerprint density at radius 1 is 0.296 bits per heavy atom. The van der Waals surface area contributed by atoms with E-state index in [0.29, 0.717) is 5.82 Å². The third-order valence-corrected chi connectivity index (χ3v) is 10.7. The minimum atomic E-state index is 0.693. The normalized spacial score (nSPS) is 11.7. The van der Waals surface area contributed by atoms with E-state index in [4.69, 9.17) is 9.97 Å². The SMILES string of the molecule is c1ccc(-c2cc(-c3ccccc3)nc(-c3cccc(-n4c5ccccc5c5cc6c(cc54)c4ccccc4n6-c4ccc5ccccc5c4)c3)n2)cc1. The molecular weight excluding hydrogens is 657 g/mol. The molecule has 0 aliphatic rings. The van der Waals surface area contributed by atoms with Crippen molar-refractivity contribution in [3.8, 4) is 45.3 Å². The highest BCUT2D eigenvalue weighted by atomic mass is 15.0. The summed E-state index contributed by atoms with van der Waals surface area (Å²) < 4.78 is 4.82. The van der Waals surface area contributed by atoms with Crippen LogP contribution in [0.4, 0.5) is 0 Å². The van der Waals surface area contributed by atoms with E-state index in [1.165, 1.54) is 43.4 Å². The highest BCUT2D eigenvalue weighted by Gasteiger charge is 2.19. The standard InChI is InChI=1S/C50H32N4/c1-3-15-34(16-4-1)44-32-45(35-17-5-2-6-18-35)52-50(51-44)37-20-13-21-38(29-37)53-46-24-11-9-22-40(46)42-31-49-43(30-48(42)53)41-23-10-12-25-47(41)54(49)39-27-26-33-14-7-8-19-36(33)28-39/h1-32H. The van der Waals surface area contributed by atoms with Gasteiger partial charge in [-0.05, 0) is 65.4 Å². The summed E-state index contributed by atoms with van der Waals surface area (Å²) in [5.74, 6) is 0.693. The molecule has 0 atom stereocenters. The minimum absolute atomic E-state index is 0.693. The summed E-state index contributed by atoms with van der Waals surface area (Å²) in [5.41, 5.74) is 11.8. The average Bonchev–Trinajstić information content (AvgIpc) is 3.75. The lowest BCUT2D eigenvalue weighted by atomic mass is 10.1. The van der Waals surface area contributed by atoms with Crippen LogP contribution in [0.3, 0.4) is 0 Å². The van der Waals surface area contributed by atoms with Crippen molar-refractivity contribution < 1.29 is 0 Å². The Kier molecular flexibility index (Phi) is 6.82. The molecule has 4 nitrogen and oxygen atoms in total. The Morgan fingerprint density at radius 3 is 1.41 bits per heavy atom. The van der Waals surface area contributed by atoms with Gasteiger partial charge in [0.2, 0.25) is 0 Å². The van der Waals surface area contributed by atoms with Crippen molar-refractivity contribution in [3.05, 3.63) is 194 Å². The molecule has 0 amide bonds. The van der Waals surface area contributed by atoms with Crippen molar-refractivity contribution in [3.63, 3.8) is 0 Å². The summed E-state index contributed by atoms with van der Waals surface area (Å²) in [4.78, 5) is 10.3. The first-order valence-electron chi connectivity index (χ1n) is 18.3. The van der Waals surface area contributed by atoms with Crippen LogP contribution in [0.25, 0.3) is 99.7 Å². The third kappa shape index (κ3) is 4.85. The second-order valence-electron chi connectivity index (χ2n) is 13.9. The summed E-state index contributed by atoms with van der Waals surface area (Å²) in [7, 11) is 0. The first kappa shape index (κ1) is 30.3. The molecule has 3 heterocycles. The fourth-order valence-electron chi connectivity index (χ4n) is 8.18. The molecule has 4 heteroatoms. The van der Waals surface area contributed by atoms with E-state index in [-0.39, 0.29) is 0 Å². The highest BCUT2D eigenvalue weighted by molar-refractivity contribution is 6.19. The van der Waals surface area contributed by atoms with Gasteiger partial charge in [0.15, 0.2) is 5.82 Å². The Balaban J connectivity index is 1.14. The van der Waals surface area contributed by atoms with Crippen LogP contribution < -0.4 is 0 Å². The van der Waals surface area contributed by atoms with Crippen molar-refractivity contribution in [2.75, 3.05) is 0 Å². The Labute approximate surface area is 311 Å². The fraction of sp³-hybridized carbons (Fsp3) is 0. The number of rotatable bonds is 5. The van der Waals surface area contributed by atoms with Gasteiger partial charge in [0, 0.05) is 49.6 Å². The molecule has 0 radical (unpaired) electrons. The lowest BCUT2D eigenvalue weighted by molar-refractivity contribution is 1.16. The maximum absolute atomic E-state index is 5.15. The number of hydrogen-bond acceptors (Lipinski definition) is 2. The van der Waals surface area contributed by atoms with Crippen LogP contribution >= 0.6 is 0 Å². The molecule has 0 saturated carbocycles. The van der Waals surface area contributed by atoms with Gasteiger partial charge in [0.1, 0.15) is 0 Å². The van der Waals surface area contributed by atoms with Gasteiger partial charge in [0.05, 0.1) is 33.5 Å². The summed E-state index contributed by atoms with van der Waals surface area (Å²) in [6.07, 6.45) is 0. The topological polar surface area (TPSA) is 35.6 Å². The quantitative estimate of drug-likeness (QED) is 0.180. The molecule has 0 N–H and O–H groups in total. The largest absolute Gasteiger partial charge is 0.309 e. The molecule has 0 bridgehead atoms. The van der Waals surface area contributed by atoms with Crippen molar-refractivity contribution in [1.82, 2.24) is 19.1 Å². The zero-order valence-corrected chi connectivity index (χ0v) is 29.3. The van der Waals surface area contributed by atoms with Crippen molar-refractivity contribution >= 4 is 54.4 Å². The van der Waals surface area contributed by atoms with Crippen LogP contribution in [0.1, 0.15) is 0 Å². The van der Waals surface area contributed by atoms with Gasteiger partial charge >= 0.3 is 0 Å². The van der Waals surface area contributed by atoms with Crippen LogP contribution in [0.5, 0.6) is 0 Å². The molecule has 11 rings (SSSR count). The van der Waals surface area contributed by atoms with Gasteiger partial charge in [-0.1, -0.05) is 140 Å². The van der Waals surface area contributed by atoms with E-state index < -0.39 is 0 Å². The Bertz CT molecular complexity index is 3150. The summed E-state index contributed by atoms with van der Waals surface area (Å²) >= 11 is 0. The highest BCUT2D eigenvalue weighted by Crippen LogP contribution is 2.40. The Hall–Kier alpha value is -7.30. The van der Waals surface area contributed by atoms with Crippen LogP contribution in [-0.4, -0.2) is 19.1 Å².